The van der Waals surface area contributed by atoms with E-state index in [0.29, 0.717) is 29.8 Å². The van der Waals surface area contributed by atoms with Crippen LogP contribution in [0.25, 0.3) is 0 Å². The molecular formula is C35H60O7. The number of allylic oxidation sites excluding steroid dienone is 1. The van der Waals surface area contributed by atoms with Crippen LogP contribution in [-0.4, -0.2) is 75.6 Å². The van der Waals surface area contributed by atoms with Crippen LogP contribution in [0.1, 0.15) is 105 Å². The van der Waals surface area contributed by atoms with Crippen LogP contribution in [0.4, 0.5) is 0 Å². The van der Waals surface area contributed by atoms with Crippen molar-refractivity contribution in [1.29, 1.82) is 0 Å². The summed E-state index contributed by atoms with van der Waals surface area (Å²) in [6.45, 7) is 12.1. The fourth-order valence-electron chi connectivity index (χ4n) is 10.7. The molecule has 3 saturated carbocycles. The number of hydrogen-bond donors (Lipinski definition) is 5. The average molecular weight is 593 g/mol. The lowest BCUT2D eigenvalue weighted by Gasteiger charge is -2.58. The van der Waals surface area contributed by atoms with Crippen LogP contribution in [0.5, 0.6) is 0 Å². The lowest BCUT2D eigenvalue weighted by Crippen LogP contribution is -2.60. The standard InChI is InChI=1S/C35H60O7/c1-20(2)22(14-17-36)7-6-21(3)26-10-11-27-25-9-8-23-18-24(12-15-34(23,4)28(25)13-16-35(26,27)5)41-33-32(40)31(39)30(38)29(19-37)42-33/h8,20-22,24-33,36-40H,6-7,9-19H2,1-5H3/t21-,22+,24+,25+,26+,27+,28-,29-,30-,31+,32-,33-,34+,35+/m1/s1. The van der Waals surface area contributed by atoms with Crippen molar-refractivity contribution in [3.05, 3.63) is 11.6 Å². The van der Waals surface area contributed by atoms with Crippen molar-refractivity contribution in [3.8, 4) is 0 Å². The van der Waals surface area contributed by atoms with E-state index in [1.54, 1.807) is 0 Å². The molecule has 0 aromatic carbocycles. The van der Waals surface area contributed by atoms with Gasteiger partial charge in [-0.3, -0.25) is 0 Å². The number of aliphatic hydroxyl groups is 5. The third-order valence-corrected chi connectivity index (χ3v) is 13.4. The third-order valence-electron chi connectivity index (χ3n) is 13.4. The molecule has 0 bridgehead atoms. The molecule has 0 radical (unpaired) electrons. The highest BCUT2D eigenvalue weighted by Crippen LogP contribution is 2.67. The van der Waals surface area contributed by atoms with Crippen molar-refractivity contribution in [1.82, 2.24) is 0 Å². The van der Waals surface area contributed by atoms with Crippen LogP contribution < -0.4 is 0 Å². The molecule has 7 nitrogen and oxygen atoms in total. The van der Waals surface area contributed by atoms with E-state index in [0.717, 1.165) is 55.8 Å². The molecule has 0 spiro atoms. The molecule has 5 N–H and O–H groups in total. The first-order valence-electron chi connectivity index (χ1n) is 17.2. The highest BCUT2D eigenvalue weighted by molar-refractivity contribution is 5.25. The molecule has 0 amide bonds. The second-order valence-corrected chi connectivity index (χ2v) is 15.8. The summed E-state index contributed by atoms with van der Waals surface area (Å²) >= 11 is 0. The summed E-state index contributed by atoms with van der Waals surface area (Å²) in [5.41, 5.74) is 2.09. The molecule has 0 aromatic heterocycles. The predicted molar refractivity (Wildman–Crippen MR) is 162 cm³/mol. The largest absolute Gasteiger partial charge is 0.396 e. The predicted octanol–water partition coefficient (Wildman–Crippen LogP) is 4.82. The summed E-state index contributed by atoms with van der Waals surface area (Å²) in [4.78, 5) is 0. The Morgan fingerprint density at radius 1 is 0.905 bits per heavy atom. The first-order chi connectivity index (χ1) is 19.9. The minimum Gasteiger partial charge on any atom is -0.396 e. The zero-order valence-electron chi connectivity index (χ0n) is 26.8. The van der Waals surface area contributed by atoms with Crippen molar-refractivity contribution < 1.29 is 35.0 Å². The number of aliphatic hydroxyl groups excluding tert-OH is 5. The van der Waals surface area contributed by atoms with Crippen LogP contribution in [0.15, 0.2) is 11.6 Å². The van der Waals surface area contributed by atoms with E-state index in [2.05, 4.69) is 40.7 Å². The molecule has 5 aliphatic rings. The Morgan fingerprint density at radius 3 is 2.36 bits per heavy atom. The van der Waals surface area contributed by atoms with Crippen molar-refractivity contribution in [3.63, 3.8) is 0 Å². The highest BCUT2D eigenvalue weighted by atomic mass is 16.7. The van der Waals surface area contributed by atoms with Gasteiger partial charge in [-0.05, 0) is 116 Å². The Bertz CT molecular complexity index is 936. The van der Waals surface area contributed by atoms with E-state index in [1.807, 2.05) is 0 Å². The lowest BCUT2D eigenvalue weighted by molar-refractivity contribution is -0.313. The van der Waals surface area contributed by atoms with Crippen LogP contribution >= 0.6 is 0 Å². The molecule has 4 fully saturated rings. The topological polar surface area (TPSA) is 120 Å². The van der Waals surface area contributed by atoms with Crippen LogP contribution in [0.2, 0.25) is 0 Å². The summed E-state index contributed by atoms with van der Waals surface area (Å²) in [5, 5.41) is 50.0. The normalized spacial score (nSPS) is 46.9. The van der Waals surface area contributed by atoms with Gasteiger partial charge in [-0.2, -0.15) is 0 Å². The van der Waals surface area contributed by atoms with Gasteiger partial charge in [0.25, 0.3) is 0 Å². The second-order valence-electron chi connectivity index (χ2n) is 15.8. The van der Waals surface area contributed by atoms with Gasteiger partial charge in [0.15, 0.2) is 6.29 Å². The van der Waals surface area contributed by atoms with Gasteiger partial charge < -0.3 is 35.0 Å². The summed E-state index contributed by atoms with van der Waals surface area (Å²) in [6.07, 6.45) is 8.96. The molecule has 1 heterocycles. The smallest absolute Gasteiger partial charge is 0.186 e. The average Bonchev–Trinajstić information content (AvgIpc) is 3.32. The molecular weight excluding hydrogens is 532 g/mol. The summed E-state index contributed by atoms with van der Waals surface area (Å²) < 4.78 is 11.9. The molecule has 242 valence electrons. The SMILES string of the molecule is CC(C)[C@H](CCO)CC[C@@H](C)[C@@H]1CC[C@H]2[C@@H]3CC=C4C[C@@H](O[C@@H]5O[C@H](CO)[C@@H](O)[C@H](O)[C@H]5O)CC[C@]4(C)[C@@H]3CC[C@]21C. The van der Waals surface area contributed by atoms with Crippen LogP contribution in [-0.2, 0) is 9.47 Å². The first kappa shape index (κ1) is 32.8. The summed E-state index contributed by atoms with van der Waals surface area (Å²) in [5.74, 6) is 5.03. The molecule has 14 atom stereocenters. The van der Waals surface area contributed by atoms with Gasteiger partial charge in [0.2, 0.25) is 0 Å². The van der Waals surface area contributed by atoms with Gasteiger partial charge in [0, 0.05) is 6.61 Å². The van der Waals surface area contributed by atoms with E-state index < -0.39 is 37.3 Å². The number of hydrogen-bond acceptors (Lipinski definition) is 7. The molecule has 0 unspecified atom stereocenters. The van der Waals surface area contributed by atoms with E-state index >= 15 is 0 Å². The van der Waals surface area contributed by atoms with Crippen molar-refractivity contribution in [2.45, 2.75) is 142 Å². The van der Waals surface area contributed by atoms with Gasteiger partial charge in [0.05, 0.1) is 12.7 Å². The van der Waals surface area contributed by atoms with E-state index in [4.69, 9.17) is 9.47 Å². The maximum Gasteiger partial charge on any atom is 0.186 e. The lowest BCUT2D eigenvalue weighted by atomic mass is 9.47. The van der Waals surface area contributed by atoms with E-state index in [-0.39, 0.29) is 11.5 Å². The maximum absolute atomic E-state index is 10.5. The summed E-state index contributed by atoms with van der Waals surface area (Å²) in [6, 6.07) is 0. The van der Waals surface area contributed by atoms with Crippen LogP contribution in [0, 0.1) is 52.3 Å². The number of rotatable bonds is 10. The Hall–Kier alpha value is -0.540. The molecule has 5 rings (SSSR count). The van der Waals surface area contributed by atoms with Gasteiger partial charge in [-0.25, -0.2) is 0 Å². The zero-order valence-corrected chi connectivity index (χ0v) is 26.8. The fourth-order valence-corrected chi connectivity index (χ4v) is 10.7. The van der Waals surface area contributed by atoms with Gasteiger partial charge in [-0.15, -0.1) is 0 Å². The fraction of sp³-hybridized carbons (Fsp3) is 0.943. The molecule has 4 aliphatic carbocycles. The highest BCUT2D eigenvalue weighted by Gasteiger charge is 2.59. The quantitative estimate of drug-likeness (QED) is 0.231. The summed E-state index contributed by atoms with van der Waals surface area (Å²) in [7, 11) is 0. The van der Waals surface area contributed by atoms with Crippen LogP contribution in [0.3, 0.4) is 0 Å². The third kappa shape index (κ3) is 5.90. The molecule has 42 heavy (non-hydrogen) atoms. The maximum atomic E-state index is 10.5. The van der Waals surface area contributed by atoms with Gasteiger partial charge in [-0.1, -0.05) is 52.7 Å². The van der Waals surface area contributed by atoms with Gasteiger partial charge >= 0.3 is 0 Å². The Kier molecular flexibility index (Phi) is 10.2. The van der Waals surface area contributed by atoms with Gasteiger partial charge in [0.1, 0.15) is 24.4 Å². The van der Waals surface area contributed by atoms with E-state index in [1.165, 1.54) is 44.1 Å². The molecule has 1 aliphatic heterocycles. The Labute approximate surface area is 254 Å². The molecule has 1 saturated heterocycles. The second kappa shape index (κ2) is 13.1. The minimum absolute atomic E-state index is 0.117. The Balaban J connectivity index is 1.23. The first-order valence-corrected chi connectivity index (χ1v) is 17.2. The molecule has 7 heteroatoms. The Morgan fingerprint density at radius 2 is 1.67 bits per heavy atom. The monoisotopic (exact) mass is 592 g/mol. The van der Waals surface area contributed by atoms with Crippen molar-refractivity contribution in [2.24, 2.45) is 52.3 Å². The zero-order chi connectivity index (χ0) is 30.4. The van der Waals surface area contributed by atoms with E-state index in [9.17, 15) is 25.5 Å². The minimum atomic E-state index is -1.41. The van der Waals surface area contributed by atoms with Crippen molar-refractivity contribution in [2.75, 3.05) is 13.2 Å². The number of fused-ring (bicyclic) bond motifs is 5. The van der Waals surface area contributed by atoms with Crippen molar-refractivity contribution >= 4 is 0 Å². The number of ether oxygens (including phenoxy) is 2. The molecule has 0 aromatic rings.